The van der Waals surface area contributed by atoms with Gasteiger partial charge < -0.3 is 10.6 Å². The Morgan fingerprint density at radius 2 is 1.80 bits per heavy atom. The number of anilines is 1. The number of piperidine rings is 1. The van der Waals surface area contributed by atoms with E-state index >= 15 is 0 Å². The van der Waals surface area contributed by atoms with Crippen molar-refractivity contribution >= 4 is 35.6 Å². The first-order valence-electron chi connectivity index (χ1n) is 9.96. The molecule has 1 aliphatic heterocycles. The number of rotatable bonds is 4. The molecule has 7 heteroatoms. The van der Waals surface area contributed by atoms with Gasteiger partial charge in [-0.15, -0.1) is 12.4 Å². The zero-order valence-electron chi connectivity index (χ0n) is 17.1. The van der Waals surface area contributed by atoms with Crippen LogP contribution in [0.1, 0.15) is 45.9 Å². The van der Waals surface area contributed by atoms with Crippen LogP contribution >= 0.6 is 24.0 Å². The summed E-state index contributed by atoms with van der Waals surface area (Å²) < 4.78 is 1.94. The Kier molecular flexibility index (Phi) is 7.19. The summed E-state index contributed by atoms with van der Waals surface area (Å²) in [4.78, 5) is 13.1. The molecule has 1 fully saturated rings. The molecule has 2 aromatic carbocycles. The predicted molar refractivity (Wildman–Crippen MR) is 125 cm³/mol. The highest BCUT2D eigenvalue weighted by Crippen LogP contribution is 2.31. The van der Waals surface area contributed by atoms with Gasteiger partial charge in [0.25, 0.3) is 5.91 Å². The van der Waals surface area contributed by atoms with E-state index in [9.17, 15) is 4.79 Å². The third kappa shape index (κ3) is 4.69. The minimum absolute atomic E-state index is 0. The van der Waals surface area contributed by atoms with E-state index in [-0.39, 0.29) is 24.2 Å². The summed E-state index contributed by atoms with van der Waals surface area (Å²) in [5.41, 5.74) is 5.78. The maximum absolute atomic E-state index is 13.1. The van der Waals surface area contributed by atoms with Crippen molar-refractivity contribution in [2.75, 3.05) is 18.4 Å². The van der Waals surface area contributed by atoms with Gasteiger partial charge in [0.2, 0.25) is 0 Å². The molecule has 1 amide bonds. The first-order valence-corrected chi connectivity index (χ1v) is 10.3. The number of carbonyl (C=O) groups excluding carboxylic acids is 1. The Hall–Kier alpha value is -2.34. The van der Waals surface area contributed by atoms with E-state index in [0.717, 1.165) is 43.0 Å². The lowest BCUT2D eigenvalue weighted by Gasteiger charge is -2.25. The van der Waals surface area contributed by atoms with E-state index in [0.29, 0.717) is 10.6 Å². The summed E-state index contributed by atoms with van der Waals surface area (Å²) in [5, 5.41) is 11.7. The lowest BCUT2D eigenvalue weighted by molar-refractivity contribution is 0.102. The summed E-state index contributed by atoms with van der Waals surface area (Å²) in [6, 6.07) is 13.4. The van der Waals surface area contributed by atoms with Gasteiger partial charge >= 0.3 is 0 Å². The van der Waals surface area contributed by atoms with Crippen molar-refractivity contribution in [3.8, 4) is 5.69 Å². The Morgan fingerprint density at radius 3 is 2.47 bits per heavy atom. The second-order valence-electron chi connectivity index (χ2n) is 7.61. The van der Waals surface area contributed by atoms with Gasteiger partial charge in [-0.3, -0.25) is 4.79 Å². The summed E-state index contributed by atoms with van der Waals surface area (Å²) in [5.74, 6) is 0.141. The molecule has 2 N–H and O–H groups in total. The van der Waals surface area contributed by atoms with Crippen molar-refractivity contribution in [1.29, 1.82) is 0 Å². The second kappa shape index (κ2) is 9.65. The van der Waals surface area contributed by atoms with E-state index in [1.54, 1.807) is 30.5 Å². The monoisotopic (exact) mass is 444 g/mol. The van der Waals surface area contributed by atoms with Crippen LogP contribution in [0.2, 0.25) is 5.02 Å². The normalized spacial score (nSPS) is 14.2. The number of aryl methyl sites for hydroxylation is 2. The van der Waals surface area contributed by atoms with Crippen molar-refractivity contribution in [2.24, 2.45) is 0 Å². The number of benzene rings is 2. The SMILES string of the molecule is Cc1ccc(-n2ncc(C(=O)Nc3ccc(Cl)cc3)c2C2CCNCC2)cc1C.Cl. The molecule has 1 aliphatic rings. The van der Waals surface area contributed by atoms with Gasteiger partial charge in [-0.25, -0.2) is 4.68 Å². The molecule has 0 atom stereocenters. The Bertz CT molecular complexity index is 1020. The van der Waals surface area contributed by atoms with Gasteiger partial charge in [0.05, 0.1) is 23.1 Å². The van der Waals surface area contributed by atoms with Crippen molar-refractivity contribution in [2.45, 2.75) is 32.6 Å². The van der Waals surface area contributed by atoms with Crippen LogP contribution in [0.5, 0.6) is 0 Å². The number of aromatic nitrogens is 2. The number of nitrogens with zero attached hydrogens (tertiary/aromatic N) is 2. The molecule has 3 aromatic rings. The molecule has 0 radical (unpaired) electrons. The highest BCUT2D eigenvalue weighted by atomic mass is 35.5. The average Bonchev–Trinajstić information content (AvgIpc) is 3.18. The van der Waals surface area contributed by atoms with Crippen molar-refractivity contribution in [3.05, 3.63) is 76.1 Å². The van der Waals surface area contributed by atoms with Gasteiger partial charge in [0.1, 0.15) is 0 Å². The lowest BCUT2D eigenvalue weighted by atomic mass is 9.91. The Morgan fingerprint density at radius 1 is 1.10 bits per heavy atom. The predicted octanol–water partition coefficient (Wildman–Crippen LogP) is 5.28. The van der Waals surface area contributed by atoms with Gasteiger partial charge in [-0.2, -0.15) is 5.10 Å². The van der Waals surface area contributed by atoms with Crippen LogP contribution in [-0.4, -0.2) is 28.8 Å². The molecular weight excluding hydrogens is 419 g/mol. The molecule has 4 rings (SSSR count). The highest BCUT2D eigenvalue weighted by molar-refractivity contribution is 6.30. The molecule has 5 nitrogen and oxygen atoms in total. The van der Waals surface area contributed by atoms with Crippen LogP contribution in [0.3, 0.4) is 0 Å². The molecule has 2 heterocycles. The van der Waals surface area contributed by atoms with Crippen LogP contribution in [0.15, 0.2) is 48.7 Å². The number of carbonyl (C=O) groups is 1. The maximum Gasteiger partial charge on any atom is 0.259 e. The van der Waals surface area contributed by atoms with Crippen LogP contribution < -0.4 is 10.6 Å². The van der Waals surface area contributed by atoms with Crippen LogP contribution in [0, 0.1) is 13.8 Å². The number of nitrogens with one attached hydrogen (secondary N) is 2. The fraction of sp³-hybridized carbons (Fsp3) is 0.304. The summed E-state index contributed by atoms with van der Waals surface area (Å²) in [6.07, 6.45) is 3.66. The molecule has 30 heavy (non-hydrogen) atoms. The smallest absolute Gasteiger partial charge is 0.259 e. The molecule has 0 bridgehead atoms. The molecule has 158 valence electrons. The first-order chi connectivity index (χ1) is 14.0. The van der Waals surface area contributed by atoms with Gasteiger partial charge in [0.15, 0.2) is 0 Å². The largest absolute Gasteiger partial charge is 0.322 e. The number of hydrogen-bond donors (Lipinski definition) is 2. The maximum atomic E-state index is 13.1. The van der Waals surface area contributed by atoms with E-state index < -0.39 is 0 Å². The fourth-order valence-electron chi connectivity index (χ4n) is 3.82. The fourth-order valence-corrected chi connectivity index (χ4v) is 3.94. The van der Waals surface area contributed by atoms with E-state index in [1.807, 2.05) is 4.68 Å². The number of amides is 1. The molecular formula is C23H26Cl2N4O. The number of hydrogen-bond acceptors (Lipinski definition) is 3. The molecule has 0 spiro atoms. The summed E-state index contributed by atoms with van der Waals surface area (Å²) in [7, 11) is 0. The third-order valence-electron chi connectivity index (χ3n) is 5.61. The Labute approximate surface area is 188 Å². The first kappa shape index (κ1) is 22.3. The standard InChI is InChI=1S/C23H25ClN4O.ClH/c1-15-3-8-20(13-16(15)2)28-22(17-9-11-25-12-10-17)21(14-26-28)23(29)27-19-6-4-18(24)5-7-19;/h3-8,13-14,17,25H,9-12H2,1-2H3,(H,27,29);1H. The van der Waals surface area contributed by atoms with E-state index in [1.165, 1.54) is 11.1 Å². The number of halogens is 2. The summed E-state index contributed by atoms with van der Waals surface area (Å²) in [6.45, 7) is 6.09. The third-order valence-corrected chi connectivity index (χ3v) is 5.87. The van der Waals surface area contributed by atoms with Gasteiger partial charge in [-0.1, -0.05) is 17.7 Å². The van der Waals surface area contributed by atoms with Crippen LogP contribution in [-0.2, 0) is 0 Å². The minimum atomic E-state index is -0.143. The molecule has 0 saturated carbocycles. The minimum Gasteiger partial charge on any atom is -0.322 e. The van der Waals surface area contributed by atoms with Crippen molar-refractivity contribution < 1.29 is 4.79 Å². The second-order valence-corrected chi connectivity index (χ2v) is 8.05. The average molecular weight is 445 g/mol. The zero-order chi connectivity index (χ0) is 20.4. The van der Waals surface area contributed by atoms with Gasteiger partial charge in [-0.05, 0) is 87.3 Å². The lowest BCUT2D eigenvalue weighted by Crippen LogP contribution is -2.29. The van der Waals surface area contributed by atoms with Crippen molar-refractivity contribution in [3.63, 3.8) is 0 Å². The molecule has 1 saturated heterocycles. The van der Waals surface area contributed by atoms with Gasteiger partial charge in [0, 0.05) is 16.6 Å². The molecule has 1 aromatic heterocycles. The molecule has 0 unspecified atom stereocenters. The molecule has 0 aliphatic carbocycles. The Balaban J connectivity index is 0.00000256. The quantitative estimate of drug-likeness (QED) is 0.574. The van der Waals surface area contributed by atoms with E-state index in [2.05, 4.69) is 47.8 Å². The van der Waals surface area contributed by atoms with Crippen molar-refractivity contribution in [1.82, 2.24) is 15.1 Å². The highest BCUT2D eigenvalue weighted by Gasteiger charge is 2.27. The van der Waals surface area contributed by atoms with Crippen LogP contribution in [0.4, 0.5) is 5.69 Å². The summed E-state index contributed by atoms with van der Waals surface area (Å²) >= 11 is 5.96. The topological polar surface area (TPSA) is 59.0 Å². The zero-order valence-corrected chi connectivity index (χ0v) is 18.7. The van der Waals surface area contributed by atoms with E-state index in [4.69, 9.17) is 11.6 Å². The van der Waals surface area contributed by atoms with Crippen LogP contribution in [0.25, 0.3) is 5.69 Å².